The zero-order chi connectivity index (χ0) is 17.8. The van der Waals surface area contributed by atoms with Crippen molar-refractivity contribution in [2.75, 3.05) is 6.61 Å². The first-order valence-electron chi connectivity index (χ1n) is 7.87. The summed E-state index contributed by atoms with van der Waals surface area (Å²) in [6, 6.07) is 9.70. The standard InChI is InChI=1S/C19H18F2O4/c1-12(2)19-23-11-18(25-19)10-22-15-3-5-16(6-4-15)24-17-8-13(20)7-14(21)9-17/h3-9,11-12,19H,10H2,1-2H3. The lowest BCUT2D eigenvalue weighted by Gasteiger charge is -2.15. The van der Waals surface area contributed by atoms with Gasteiger partial charge < -0.3 is 18.9 Å². The number of ether oxygens (including phenoxy) is 4. The monoisotopic (exact) mass is 348 g/mol. The smallest absolute Gasteiger partial charge is 0.242 e. The molecule has 2 aromatic rings. The molecule has 3 rings (SSSR count). The van der Waals surface area contributed by atoms with Gasteiger partial charge in [0.15, 0.2) is 5.76 Å². The normalized spacial score (nSPS) is 16.2. The summed E-state index contributed by atoms with van der Waals surface area (Å²) in [4.78, 5) is 0. The molecule has 0 saturated carbocycles. The fraction of sp³-hybridized carbons (Fsp3) is 0.263. The van der Waals surface area contributed by atoms with Gasteiger partial charge in [0, 0.05) is 24.1 Å². The van der Waals surface area contributed by atoms with Crippen LogP contribution in [0.3, 0.4) is 0 Å². The van der Waals surface area contributed by atoms with Crippen molar-refractivity contribution >= 4 is 0 Å². The van der Waals surface area contributed by atoms with Gasteiger partial charge in [-0.3, -0.25) is 0 Å². The lowest BCUT2D eigenvalue weighted by Crippen LogP contribution is -2.17. The number of halogens is 2. The molecule has 1 heterocycles. The van der Waals surface area contributed by atoms with Crippen LogP contribution < -0.4 is 9.47 Å². The largest absolute Gasteiger partial charge is 0.486 e. The highest BCUT2D eigenvalue weighted by Crippen LogP contribution is 2.26. The number of hydrogen-bond acceptors (Lipinski definition) is 4. The van der Waals surface area contributed by atoms with E-state index in [1.165, 1.54) is 0 Å². The minimum Gasteiger partial charge on any atom is -0.486 e. The summed E-state index contributed by atoms with van der Waals surface area (Å²) in [7, 11) is 0. The van der Waals surface area contributed by atoms with E-state index in [0.717, 1.165) is 18.2 Å². The van der Waals surface area contributed by atoms with E-state index in [-0.39, 0.29) is 24.6 Å². The van der Waals surface area contributed by atoms with Gasteiger partial charge in [-0.05, 0) is 24.3 Å². The molecule has 0 N–H and O–H groups in total. The van der Waals surface area contributed by atoms with Gasteiger partial charge >= 0.3 is 0 Å². The minimum absolute atomic E-state index is 0.0903. The Kier molecular flexibility index (Phi) is 5.07. The van der Waals surface area contributed by atoms with Gasteiger partial charge in [-0.1, -0.05) is 13.8 Å². The third-order valence-electron chi connectivity index (χ3n) is 3.42. The molecule has 1 unspecified atom stereocenters. The van der Waals surface area contributed by atoms with Crippen LogP contribution >= 0.6 is 0 Å². The van der Waals surface area contributed by atoms with E-state index in [2.05, 4.69) is 0 Å². The molecule has 0 fully saturated rings. The second kappa shape index (κ2) is 7.42. The van der Waals surface area contributed by atoms with E-state index < -0.39 is 11.6 Å². The summed E-state index contributed by atoms with van der Waals surface area (Å²) >= 11 is 0. The maximum absolute atomic E-state index is 13.2. The van der Waals surface area contributed by atoms with Crippen LogP contribution in [-0.4, -0.2) is 12.9 Å². The lowest BCUT2D eigenvalue weighted by molar-refractivity contribution is -0.0675. The molecule has 0 saturated heterocycles. The molecule has 1 aliphatic heterocycles. The maximum Gasteiger partial charge on any atom is 0.242 e. The zero-order valence-corrected chi connectivity index (χ0v) is 13.9. The predicted octanol–water partition coefficient (Wildman–Crippen LogP) is 5.01. The quantitative estimate of drug-likeness (QED) is 0.736. The van der Waals surface area contributed by atoms with Gasteiger partial charge in [0.25, 0.3) is 0 Å². The summed E-state index contributed by atoms with van der Waals surface area (Å²) in [6.45, 7) is 4.26. The molecule has 0 aliphatic carbocycles. The molecule has 25 heavy (non-hydrogen) atoms. The highest BCUT2D eigenvalue weighted by molar-refractivity contribution is 5.35. The summed E-state index contributed by atoms with van der Waals surface area (Å²) in [5, 5.41) is 0. The Morgan fingerprint density at radius 1 is 0.960 bits per heavy atom. The van der Waals surface area contributed by atoms with Crippen LogP contribution in [0.1, 0.15) is 13.8 Å². The van der Waals surface area contributed by atoms with Crippen molar-refractivity contribution in [3.8, 4) is 17.2 Å². The SMILES string of the molecule is CC(C)C1OC=C(COc2ccc(Oc3cc(F)cc(F)c3)cc2)O1. The second-order valence-electron chi connectivity index (χ2n) is 5.92. The molecule has 1 aliphatic rings. The molecule has 4 nitrogen and oxygen atoms in total. The van der Waals surface area contributed by atoms with Gasteiger partial charge in [-0.2, -0.15) is 0 Å². The van der Waals surface area contributed by atoms with Crippen LogP contribution in [0.15, 0.2) is 54.5 Å². The molecule has 0 radical (unpaired) electrons. The summed E-state index contributed by atoms with van der Waals surface area (Å²) in [5.74, 6) is 0.621. The average molecular weight is 348 g/mol. The van der Waals surface area contributed by atoms with Gasteiger partial charge in [-0.15, -0.1) is 0 Å². The lowest BCUT2D eigenvalue weighted by atomic mass is 10.2. The maximum atomic E-state index is 13.2. The average Bonchev–Trinajstić information content (AvgIpc) is 3.02. The predicted molar refractivity (Wildman–Crippen MR) is 87.2 cm³/mol. The Hall–Kier alpha value is -2.76. The fourth-order valence-electron chi connectivity index (χ4n) is 2.19. The molecule has 6 heteroatoms. The van der Waals surface area contributed by atoms with Crippen molar-refractivity contribution in [3.05, 3.63) is 66.1 Å². The van der Waals surface area contributed by atoms with Crippen LogP contribution in [0.5, 0.6) is 17.2 Å². The minimum atomic E-state index is -0.693. The van der Waals surface area contributed by atoms with Crippen molar-refractivity contribution in [1.82, 2.24) is 0 Å². The Morgan fingerprint density at radius 3 is 2.20 bits per heavy atom. The Labute approximate surface area is 144 Å². The van der Waals surface area contributed by atoms with Crippen molar-refractivity contribution in [2.24, 2.45) is 5.92 Å². The molecule has 0 bridgehead atoms. The van der Waals surface area contributed by atoms with Gasteiger partial charge in [0.2, 0.25) is 6.29 Å². The molecular formula is C19H18F2O4. The Balaban J connectivity index is 1.54. The van der Waals surface area contributed by atoms with Crippen LogP contribution in [0.4, 0.5) is 8.78 Å². The van der Waals surface area contributed by atoms with E-state index in [1.54, 1.807) is 30.5 Å². The van der Waals surface area contributed by atoms with Crippen molar-refractivity contribution in [3.63, 3.8) is 0 Å². The number of hydrogen-bond donors (Lipinski definition) is 0. The number of benzene rings is 2. The second-order valence-corrected chi connectivity index (χ2v) is 5.92. The third kappa shape index (κ3) is 4.62. The highest BCUT2D eigenvalue weighted by atomic mass is 19.1. The van der Waals surface area contributed by atoms with E-state index in [1.807, 2.05) is 13.8 Å². The Bertz CT molecular complexity index is 736. The van der Waals surface area contributed by atoms with Gasteiger partial charge in [0.1, 0.15) is 41.8 Å². The first kappa shape index (κ1) is 17.1. The van der Waals surface area contributed by atoms with E-state index in [4.69, 9.17) is 18.9 Å². The van der Waals surface area contributed by atoms with Gasteiger partial charge in [0.05, 0.1) is 0 Å². The first-order valence-corrected chi connectivity index (χ1v) is 7.87. The summed E-state index contributed by atoms with van der Waals surface area (Å²) in [6.07, 6.45) is 1.28. The zero-order valence-electron chi connectivity index (χ0n) is 13.9. The van der Waals surface area contributed by atoms with Crippen LogP contribution in [-0.2, 0) is 9.47 Å². The molecule has 132 valence electrons. The number of rotatable bonds is 6. The molecule has 0 spiro atoms. The fourth-order valence-corrected chi connectivity index (χ4v) is 2.19. The van der Waals surface area contributed by atoms with Crippen LogP contribution in [0.2, 0.25) is 0 Å². The molecule has 2 aromatic carbocycles. The molecule has 1 atom stereocenters. The molecule has 0 amide bonds. The van der Waals surface area contributed by atoms with Crippen molar-refractivity contribution < 1.29 is 27.7 Å². The topological polar surface area (TPSA) is 36.9 Å². The van der Waals surface area contributed by atoms with E-state index >= 15 is 0 Å². The third-order valence-corrected chi connectivity index (χ3v) is 3.42. The van der Waals surface area contributed by atoms with E-state index in [0.29, 0.717) is 17.3 Å². The van der Waals surface area contributed by atoms with Gasteiger partial charge in [-0.25, -0.2) is 8.78 Å². The summed E-state index contributed by atoms with van der Waals surface area (Å²) < 4.78 is 48.3. The molecule has 0 aromatic heterocycles. The van der Waals surface area contributed by atoms with E-state index in [9.17, 15) is 8.78 Å². The van der Waals surface area contributed by atoms with Crippen LogP contribution in [0, 0.1) is 17.6 Å². The molecular weight excluding hydrogens is 330 g/mol. The summed E-state index contributed by atoms with van der Waals surface area (Å²) in [5.41, 5.74) is 0. The highest BCUT2D eigenvalue weighted by Gasteiger charge is 2.22. The van der Waals surface area contributed by atoms with Crippen LogP contribution in [0.25, 0.3) is 0 Å². The Morgan fingerprint density at radius 2 is 1.60 bits per heavy atom. The first-order chi connectivity index (χ1) is 12.0. The van der Waals surface area contributed by atoms with Crippen molar-refractivity contribution in [2.45, 2.75) is 20.1 Å². The van der Waals surface area contributed by atoms with Crippen molar-refractivity contribution in [1.29, 1.82) is 0 Å².